The first kappa shape index (κ1) is 12.4. The van der Waals surface area contributed by atoms with Gasteiger partial charge >= 0.3 is 5.97 Å². The zero-order chi connectivity index (χ0) is 12.5. The molecule has 1 aliphatic heterocycles. The van der Waals surface area contributed by atoms with Gasteiger partial charge in [-0.3, -0.25) is 9.59 Å². The van der Waals surface area contributed by atoms with Crippen molar-refractivity contribution in [2.45, 2.75) is 57.9 Å². The molecule has 0 bridgehead atoms. The number of amides is 1. The number of hydrogen-bond acceptors (Lipinski definition) is 2. The van der Waals surface area contributed by atoms with E-state index in [9.17, 15) is 14.7 Å². The maximum atomic E-state index is 12.4. The third-order valence-corrected chi connectivity index (χ3v) is 4.18. The Morgan fingerprint density at radius 1 is 1.29 bits per heavy atom. The molecule has 1 saturated heterocycles. The zero-order valence-corrected chi connectivity index (χ0v) is 10.4. The second-order valence-corrected chi connectivity index (χ2v) is 5.30. The van der Waals surface area contributed by atoms with Crippen molar-refractivity contribution in [3.05, 3.63) is 0 Å². The van der Waals surface area contributed by atoms with Crippen molar-refractivity contribution >= 4 is 11.9 Å². The zero-order valence-electron chi connectivity index (χ0n) is 10.4. The molecular formula is C13H21NO3. The van der Waals surface area contributed by atoms with Crippen LogP contribution in [0.25, 0.3) is 0 Å². The number of carboxylic acids is 1. The number of rotatable bonds is 3. The smallest absolute Gasteiger partial charge is 0.319 e. The normalized spacial score (nSPS) is 27.4. The molecular weight excluding hydrogens is 218 g/mol. The number of aliphatic carboxylic acids is 1. The molecule has 0 spiro atoms. The Labute approximate surface area is 102 Å². The van der Waals surface area contributed by atoms with Crippen molar-refractivity contribution in [2.24, 2.45) is 5.41 Å². The van der Waals surface area contributed by atoms with Gasteiger partial charge in [-0.05, 0) is 32.1 Å². The Hall–Kier alpha value is -1.06. The number of carboxylic acid groups (broad SMARTS) is 1. The molecule has 1 saturated carbocycles. The molecule has 0 aromatic rings. The number of hydrogen-bond donors (Lipinski definition) is 1. The summed E-state index contributed by atoms with van der Waals surface area (Å²) in [6.07, 6.45) is 6.32. The van der Waals surface area contributed by atoms with Gasteiger partial charge in [0.05, 0.1) is 0 Å². The number of carbonyl (C=O) groups excluding carboxylic acids is 1. The van der Waals surface area contributed by atoms with Gasteiger partial charge in [0.15, 0.2) is 0 Å². The maximum absolute atomic E-state index is 12.4. The summed E-state index contributed by atoms with van der Waals surface area (Å²) in [5, 5.41) is 9.19. The van der Waals surface area contributed by atoms with E-state index < -0.39 is 11.4 Å². The van der Waals surface area contributed by atoms with Crippen LogP contribution in [0.1, 0.15) is 51.9 Å². The van der Waals surface area contributed by atoms with Crippen molar-refractivity contribution in [1.82, 2.24) is 4.90 Å². The minimum absolute atomic E-state index is 0.126. The van der Waals surface area contributed by atoms with Crippen LogP contribution in [0.3, 0.4) is 0 Å². The average Bonchev–Trinajstić information content (AvgIpc) is 3.12. The van der Waals surface area contributed by atoms with Gasteiger partial charge in [-0.2, -0.15) is 0 Å². The highest BCUT2D eigenvalue weighted by Gasteiger charge is 2.59. The van der Waals surface area contributed by atoms with Crippen LogP contribution < -0.4 is 0 Å². The summed E-state index contributed by atoms with van der Waals surface area (Å²) in [7, 11) is 0. The fourth-order valence-electron chi connectivity index (χ4n) is 2.79. The molecule has 2 aliphatic rings. The first-order valence-electron chi connectivity index (χ1n) is 6.66. The van der Waals surface area contributed by atoms with E-state index in [0.717, 1.165) is 38.6 Å². The molecule has 4 nitrogen and oxygen atoms in total. The minimum atomic E-state index is -1.06. The van der Waals surface area contributed by atoms with E-state index in [-0.39, 0.29) is 11.9 Å². The van der Waals surface area contributed by atoms with Crippen LogP contribution in [0, 0.1) is 5.41 Å². The minimum Gasteiger partial charge on any atom is -0.480 e. The first-order chi connectivity index (χ1) is 8.12. The van der Waals surface area contributed by atoms with Crippen LogP contribution in [0.5, 0.6) is 0 Å². The largest absolute Gasteiger partial charge is 0.480 e. The Morgan fingerprint density at radius 3 is 2.53 bits per heavy atom. The summed E-state index contributed by atoms with van der Waals surface area (Å²) < 4.78 is 0. The van der Waals surface area contributed by atoms with Crippen LogP contribution in [-0.2, 0) is 9.59 Å². The summed E-state index contributed by atoms with van der Waals surface area (Å²) in [4.78, 5) is 25.4. The van der Waals surface area contributed by atoms with Gasteiger partial charge in [0.1, 0.15) is 5.41 Å². The van der Waals surface area contributed by atoms with E-state index in [1.54, 1.807) is 0 Å². The molecule has 17 heavy (non-hydrogen) atoms. The summed E-state index contributed by atoms with van der Waals surface area (Å²) in [6, 6.07) is 0.252. The van der Waals surface area contributed by atoms with E-state index in [4.69, 9.17) is 0 Å². The van der Waals surface area contributed by atoms with Crippen LogP contribution in [-0.4, -0.2) is 34.5 Å². The van der Waals surface area contributed by atoms with E-state index in [1.165, 1.54) is 0 Å². The highest BCUT2D eigenvalue weighted by Crippen LogP contribution is 2.48. The molecule has 1 unspecified atom stereocenters. The van der Waals surface area contributed by atoms with Crippen LogP contribution in [0.4, 0.5) is 0 Å². The van der Waals surface area contributed by atoms with E-state index >= 15 is 0 Å². The molecule has 1 atom stereocenters. The summed E-state index contributed by atoms with van der Waals surface area (Å²) in [6.45, 7) is 2.82. The topological polar surface area (TPSA) is 57.6 Å². The Morgan fingerprint density at radius 2 is 2.00 bits per heavy atom. The lowest BCUT2D eigenvalue weighted by Crippen LogP contribution is -2.46. The fraction of sp³-hybridized carbons (Fsp3) is 0.846. The number of carbonyl (C=O) groups is 2. The lowest BCUT2D eigenvalue weighted by Gasteiger charge is -2.31. The molecule has 0 radical (unpaired) electrons. The molecule has 96 valence electrons. The van der Waals surface area contributed by atoms with Gasteiger partial charge < -0.3 is 10.0 Å². The Balaban J connectivity index is 2.13. The maximum Gasteiger partial charge on any atom is 0.319 e. The number of nitrogens with zero attached hydrogens (tertiary/aromatic N) is 1. The van der Waals surface area contributed by atoms with Crippen molar-refractivity contribution in [2.75, 3.05) is 6.54 Å². The van der Waals surface area contributed by atoms with E-state index in [0.29, 0.717) is 12.8 Å². The SMILES string of the molecule is CCC1CCCCCN1C(=O)C1(C(=O)O)CC1. The van der Waals surface area contributed by atoms with E-state index in [1.807, 2.05) is 4.90 Å². The summed E-state index contributed by atoms with van der Waals surface area (Å²) in [5.41, 5.74) is -1.06. The highest BCUT2D eigenvalue weighted by molar-refractivity contribution is 6.04. The van der Waals surface area contributed by atoms with Gasteiger partial charge in [-0.25, -0.2) is 0 Å². The molecule has 2 rings (SSSR count). The fourth-order valence-corrected chi connectivity index (χ4v) is 2.79. The average molecular weight is 239 g/mol. The summed E-state index contributed by atoms with van der Waals surface area (Å²) >= 11 is 0. The molecule has 1 N–H and O–H groups in total. The third kappa shape index (κ3) is 2.17. The monoisotopic (exact) mass is 239 g/mol. The first-order valence-corrected chi connectivity index (χ1v) is 6.66. The Bertz CT molecular complexity index is 323. The number of likely N-dealkylation sites (tertiary alicyclic amines) is 1. The van der Waals surface area contributed by atoms with E-state index in [2.05, 4.69) is 6.92 Å². The summed E-state index contributed by atoms with van der Waals surface area (Å²) in [5.74, 6) is -1.06. The van der Waals surface area contributed by atoms with Crippen LogP contribution >= 0.6 is 0 Å². The molecule has 2 fully saturated rings. The van der Waals surface area contributed by atoms with Crippen molar-refractivity contribution in [3.63, 3.8) is 0 Å². The van der Waals surface area contributed by atoms with Gasteiger partial charge in [-0.1, -0.05) is 19.8 Å². The third-order valence-electron chi connectivity index (χ3n) is 4.18. The second kappa shape index (κ2) is 4.67. The van der Waals surface area contributed by atoms with Gasteiger partial charge in [0, 0.05) is 12.6 Å². The second-order valence-electron chi connectivity index (χ2n) is 5.30. The predicted molar refractivity (Wildman–Crippen MR) is 63.6 cm³/mol. The van der Waals surface area contributed by atoms with Crippen molar-refractivity contribution < 1.29 is 14.7 Å². The lowest BCUT2D eigenvalue weighted by atomic mass is 10.0. The van der Waals surface area contributed by atoms with Crippen molar-refractivity contribution in [1.29, 1.82) is 0 Å². The van der Waals surface area contributed by atoms with Gasteiger partial charge in [-0.15, -0.1) is 0 Å². The molecule has 0 aromatic carbocycles. The highest BCUT2D eigenvalue weighted by atomic mass is 16.4. The van der Waals surface area contributed by atoms with Gasteiger partial charge in [0.2, 0.25) is 5.91 Å². The molecule has 0 aromatic heterocycles. The molecule has 1 aliphatic carbocycles. The molecule has 1 heterocycles. The van der Waals surface area contributed by atoms with Gasteiger partial charge in [0.25, 0.3) is 0 Å². The quantitative estimate of drug-likeness (QED) is 0.767. The standard InChI is InChI=1S/C13H21NO3/c1-2-10-6-4-3-5-9-14(10)11(15)13(7-8-13)12(16)17/h10H,2-9H2,1H3,(H,16,17). The molecule has 1 amide bonds. The predicted octanol–water partition coefficient (Wildman–Crippen LogP) is 2.03. The van der Waals surface area contributed by atoms with Crippen LogP contribution in [0.15, 0.2) is 0 Å². The molecule has 4 heteroatoms. The van der Waals surface area contributed by atoms with Crippen LogP contribution in [0.2, 0.25) is 0 Å². The van der Waals surface area contributed by atoms with Crippen molar-refractivity contribution in [3.8, 4) is 0 Å². The lowest BCUT2D eigenvalue weighted by molar-refractivity contribution is -0.154. The Kier molecular flexibility index (Phi) is 3.40.